The Morgan fingerprint density at radius 1 is 1.05 bits per heavy atom. The van der Waals surface area contributed by atoms with Gasteiger partial charge in [0.25, 0.3) is 0 Å². The van der Waals surface area contributed by atoms with Crippen LogP contribution in [0.15, 0.2) is 54.6 Å². The van der Waals surface area contributed by atoms with Gasteiger partial charge in [-0.3, -0.25) is 0 Å². The minimum absolute atomic E-state index is 0.121. The number of carbonyl (C=O) groups excluding carboxylic acids is 1. The van der Waals surface area contributed by atoms with Crippen molar-refractivity contribution in [2.24, 2.45) is 0 Å². The number of hydrogen-bond acceptors (Lipinski definition) is 2. The van der Waals surface area contributed by atoms with Gasteiger partial charge in [0.15, 0.2) is 0 Å². The largest absolute Gasteiger partial charge is 0.427 e. The van der Waals surface area contributed by atoms with Crippen LogP contribution in [0.5, 0.6) is 5.75 Å². The lowest BCUT2D eigenvalue weighted by Gasteiger charge is -2.04. The Morgan fingerprint density at radius 2 is 1.68 bits per heavy atom. The quantitative estimate of drug-likeness (QED) is 0.277. The van der Waals surface area contributed by atoms with E-state index in [4.69, 9.17) is 10.3 Å². The molecule has 0 heterocycles. The minimum Gasteiger partial charge on any atom is -0.417 e. The van der Waals surface area contributed by atoms with Crippen LogP contribution in [-0.2, 0) is 4.79 Å². The van der Waals surface area contributed by atoms with Gasteiger partial charge in [0, 0.05) is 0 Å². The Hall–Kier alpha value is -2.71. The fraction of sp³-hybridized carbons (Fsp3) is 0.0667. The van der Waals surface area contributed by atoms with Gasteiger partial charge < -0.3 is 10.3 Å². The molecule has 2 aromatic rings. The normalized spacial score (nSPS) is 9.53. The molecule has 0 aliphatic heterocycles. The van der Waals surface area contributed by atoms with Crippen LogP contribution in [0.25, 0.3) is 5.53 Å². The summed E-state index contributed by atoms with van der Waals surface area (Å²) >= 11 is 0. The van der Waals surface area contributed by atoms with Crippen LogP contribution in [-0.4, -0.2) is 16.5 Å². The van der Waals surface area contributed by atoms with Crippen LogP contribution in [0.4, 0.5) is 0 Å². The summed E-state index contributed by atoms with van der Waals surface area (Å²) in [5.74, 6) is -0.243. The van der Waals surface area contributed by atoms with Crippen molar-refractivity contribution in [2.75, 3.05) is 0 Å². The first kappa shape index (κ1) is 12.7. The molecular formula is C15H12N2O2. The van der Waals surface area contributed by atoms with Gasteiger partial charge in [0.1, 0.15) is 5.75 Å². The van der Waals surface area contributed by atoms with Crippen molar-refractivity contribution in [1.29, 1.82) is 0 Å². The van der Waals surface area contributed by atoms with Crippen LogP contribution < -0.4 is 4.74 Å². The number of nitrogens with zero attached hydrogens (tertiary/aromatic N) is 2. The molecule has 0 spiro atoms. The first-order valence-corrected chi connectivity index (χ1v) is 5.77. The van der Waals surface area contributed by atoms with Gasteiger partial charge >= 0.3 is 11.7 Å². The lowest BCUT2D eigenvalue weighted by molar-refractivity contribution is -0.131. The molecule has 0 aromatic heterocycles. The second-order valence-corrected chi connectivity index (χ2v) is 3.97. The van der Waals surface area contributed by atoms with E-state index >= 15 is 0 Å². The molecule has 0 fully saturated rings. The van der Waals surface area contributed by atoms with E-state index in [0.29, 0.717) is 11.3 Å². The number of aryl methyl sites for hydroxylation is 1. The fourth-order valence-electron chi connectivity index (χ4n) is 1.63. The third kappa shape index (κ3) is 2.94. The van der Waals surface area contributed by atoms with Gasteiger partial charge in [-0.05, 0) is 30.7 Å². The lowest BCUT2D eigenvalue weighted by Crippen LogP contribution is -2.22. The molecule has 0 saturated heterocycles. The molecular weight excluding hydrogens is 240 g/mol. The molecule has 0 atom stereocenters. The summed E-state index contributed by atoms with van der Waals surface area (Å²) in [6.07, 6.45) is 0. The number of ether oxygens (including phenoxy) is 1. The maximum Gasteiger partial charge on any atom is 0.427 e. The van der Waals surface area contributed by atoms with E-state index in [1.807, 2.05) is 25.1 Å². The van der Waals surface area contributed by atoms with Gasteiger partial charge in [-0.15, -0.1) is 0 Å². The zero-order chi connectivity index (χ0) is 13.7. The van der Waals surface area contributed by atoms with E-state index in [9.17, 15) is 4.79 Å². The maximum absolute atomic E-state index is 12.0. The number of para-hydroxylation sites is 1. The smallest absolute Gasteiger partial charge is 0.417 e. The molecule has 2 aromatic carbocycles. The van der Waals surface area contributed by atoms with E-state index in [2.05, 4.69) is 4.79 Å². The fourth-order valence-corrected chi connectivity index (χ4v) is 1.63. The van der Waals surface area contributed by atoms with Crippen LogP contribution in [0.1, 0.15) is 11.1 Å². The second-order valence-electron chi connectivity index (χ2n) is 3.97. The number of esters is 1. The highest BCUT2D eigenvalue weighted by Crippen LogP contribution is 2.16. The molecule has 94 valence electrons. The lowest BCUT2D eigenvalue weighted by atomic mass is 10.1. The number of hydrogen-bond donors (Lipinski definition) is 0. The molecule has 0 bridgehead atoms. The average molecular weight is 252 g/mol. The Bertz CT molecular complexity index is 644. The summed E-state index contributed by atoms with van der Waals surface area (Å²) < 4.78 is 5.22. The number of rotatable bonds is 3. The van der Waals surface area contributed by atoms with E-state index in [1.165, 1.54) is 0 Å². The van der Waals surface area contributed by atoms with Crippen LogP contribution in [0, 0.1) is 6.92 Å². The van der Waals surface area contributed by atoms with Crippen molar-refractivity contribution in [1.82, 2.24) is 0 Å². The summed E-state index contributed by atoms with van der Waals surface area (Å²) in [7, 11) is 0. The summed E-state index contributed by atoms with van der Waals surface area (Å²) in [5, 5.41) is 0. The zero-order valence-electron chi connectivity index (χ0n) is 10.4. The van der Waals surface area contributed by atoms with Crippen LogP contribution in [0.2, 0.25) is 0 Å². The van der Waals surface area contributed by atoms with Crippen molar-refractivity contribution >= 4 is 11.7 Å². The third-order valence-corrected chi connectivity index (χ3v) is 2.64. The van der Waals surface area contributed by atoms with Crippen molar-refractivity contribution in [3.8, 4) is 5.75 Å². The highest BCUT2D eigenvalue weighted by Gasteiger charge is 2.25. The molecule has 0 N–H and O–H groups in total. The molecule has 19 heavy (non-hydrogen) atoms. The Labute approximate surface area is 110 Å². The maximum atomic E-state index is 12.0. The molecule has 0 unspecified atom stereocenters. The zero-order valence-corrected chi connectivity index (χ0v) is 10.4. The van der Waals surface area contributed by atoms with Gasteiger partial charge in [-0.2, -0.15) is 4.79 Å². The first-order valence-electron chi connectivity index (χ1n) is 5.77. The Kier molecular flexibility index (Phi) is 3.86. The topological polar surface area (TPSA) is 62.7 Å². The molecule has 0 radical (unpaired) electrons. The average Bonchev–Trinajstić information content (AvgIpc) is 2.43. The second kappa shape index (κ2) is 5.76. The molecule has 0 aliphatic carbocycles. The minimum atomic E-state index is -0.692. The summed E-state index contributed by atoms with van der Waals surface area (Å²) in [5.41, 5.74) is 10.2. The highest BCUT2D eigenvalue weighted by molar-refractivity contribution is 6.41. The van der Waals surface area contributed by atoms with Gasteiger partial charge in [-0.25, -0.2) is 4.79 Å². The van der Waals surface area contributed by atoms with E-state index in [1.54, 1.807) is 36.4 Å². The Morgan fingerprint density at radius 3 is 2.32 bits per heavy atom. The molecule has 0 aliphatic rings. The van der Waals surface area contributed by atoms with Gasteiger partial charge in [0.05, 0.1) is 5.56 Å². The standard InChI is InChI=1S/C15H12N2O2/c1-11-7-5-6-10-13(11)19-15(18)14(17-16)12-8-3-2-4-9-12/h2-10H,1H3. The predicted octanol–water partition coefficient (Wildman–Crippen LogP) is 2.62. The molecule has 4 nitrogen and oxygen atoms in total. The highest BCUT2D eigenvalue weighted by atomic mass is 16.5. The summed E-state index contributed by atoms with van der Waals surface area (Å²) in [6, 6.07) is 15.8. The SMILES string of the molecule is Cc1ccccc1OC(=O)C(=[N+]=[N-])c1ccccc1. The molecule has 0 saturated carbocycles. The molecule has 4 heteroatoms. The number of carbonyl (C=O) groups is 1. The number of benzene rings is 2. The van der Waals surface area contributed by atoms with Crippen molar-refractivity contribution in [3.05, 3.63) is 71.3 Å². The van der Waals surface area contributed by atoms with Crippen molar-refractivity contribution in [2.45, 2.75) is 6.92 Å². The van der Waals surface area contributed by atoms with E-state index in [-0.39, 0.29) is 5.71 Å². The van der Waals surface area contributed by atoms with Gasteiger partial charge in [-0.1, -0.05) is 36.4 Å². The van der Waals surface area contributed by atoms with E-state index < -0.39 is 5.97 Å². The van der Waals surface area contributed by atoms with E-state index in [0.717, 1.165) is 5.56 Å². The molecule has 0 amide bonds. The predicted molar refractivity (Wildman–Crippen MR) is 71.0 cm³/mol. The first-order chi connectivity index (χ1) is 9.22. The van der Waals surface area contributed by atoms with Crippen molar-refractivity contribution < 1.29 is 14.3 Å². The third-order valence-electron chi connectivity index (χ3n) is 2.64. The van der Waals surface area contributed by atoms with Crippen LogP contribution in [0.3, 0.4) is 0 Å². The molecule has 2 rings (SSSR count). The Balaban J connectivity index is 2.25. The van der Waals surface area contributed by atoms with Crippen molar-refractivity contribution in [3.63, 3.8) is 0 Å². The summed E-state index contributed by atoms with van der Waals surface area (Å²) in [4.78, 5) is 15.0. The monoisotopic (exact) mass is 252 g/mol. The van der Waals surface area contributed by atoms with Gasteiger partial charge in [0.2, 0.25) is 0 Å². The summed E-state index contributed by atoms with van der Waals surface area (Å²) in [6.45, 7) is 1.83. The van der Waals surface area contributed by atoms with Crippen LogP contribution >= 0.6 is 0 Å².